The Balaban J connectivity index is 1.67. The van der Waals surface area contributed by atoms with Crippen molar-refractivity contribution in [2.24, 2.45) is 0 Å². The SMILES string of the molecule is Cc1cnc(-c2nnc(CNC(=O)c3ccccc3C)o2)cn1. The van der Waals surface area contributed by atoms with Gasteiger partial charge in [-0.2, -0.15) is 0 Å². The van der Waals surface area contributed by atoms with Gasteiger partial charge in [0.25, 0.3) is 11.8 Å². The summed E-state index contributed by atoms with van der Waals surface area (Å²) in [5.41, 5.74) is 2.83. The Hall–Kier alpha value is -3.09. The number of nitrogens with zero attached hydrogens (tertiary/aromatic N) is 4. The standard InChI is InChI=1S/C16H15N5O2/c1-10-5-3-4-6-12(10)15(22)19-9-14-20-21-16(23-14)13-8-17-11(2)7-18-13/h3-8H,9H2,1-2H3,(H,19,22). The zero-order chi connectivity index (χ0) is 16.2. The summed E-state index contributed by atoms with van der Waals surface area (Å²) >= 11 is 0. The first-order chi connectivity index (χ1) is 11.1. The number of amides is 1. The van der Waals surface area contributed by atoms with Gasteiger partial charge in [-0.3, -0.25) is 9.78 Å². The molecule has 3 aromatic rings. The Morgan fingerprint density at radius 3 is 2.70 bits per heavy atom. The molecule has 3 rings (SSSR count). The Morgan fingerprint density at radius 1 is 1.13 bits per heavy atom. The Bertz CT molecular complexity index is 826. The fourth-order valence-electron chi connectivity index (χ4n) is 2.01. The predicted octanol–water partition coefficient (Wildman–Crippen LogP) is 2.07. The zero-order valence-corrected chi connectivity index (χ0v) is 12.8. The second-order valence-electron chi connectivity index (χ2n) is 5.04. The van der Waals surface area contributed by atoms with Crippen molar-refractivity contribution in [1.29, 1.82) is 0 Å². The molecule has 0 bridgehead atoms. The highest BCUT2D eigenvalue weighted by Gasteiger charge is 2.12. The van der Waals surface area contributed by atoms with Gasteiger partial charge >= 0.3 is 0 Å². The summed E-state index contributed by atoms with van der Waals surface area (Å²) in [6.45, 7) is 3.88. The van der Waals surface area contributed by atoms with Crippen molar-refractivity contribution in [1.82, 2.24) is 25.5 Å². The number of carbonyl (C=O) groups is 1. The lowest BCUT2D eigenvalue weighted by Crippen LogP contribution is -2.23. The van der Waals surface area contributed by atoms with Crippen molar-refractivity contribution in [3.63, 3.8) is 0 Å². The van der Waals surface area contributed by atoms with Gasteiger partial charge in [-0.15, -0.1) is 10.2 Å². The highest BCUT2D eigenvalue weighted by molar-refractivity contribution is 5.95. The van der Waals surface area contributed by atoms with E-state index < -0.39 is 0 Å². The summed E-state index contributed by atoms with van der Waals surface area (Å²) in [5.74, 6) is 0.403. The first-order valence-corrected chi connectivity index (χ1v) is 7.09. The van der Waals surface area contributed by atoms with E-state index >= 15 is 0 Å². The van der Waals surface area contributed by atoms with E-state index in [1.807, 2.05) is 32.0 Å². The van der Waals surface area contributed by atoms with Crippen LogP contribution in [0.1, 0.15) is 27.5 Å². The van der Waals surface area contributed by atoms with E-state index in [0.29, 0.717) is 17.1 Å². The number of hydrogen-bond donors (Lipinski definition) is 1. The lowest BCUT2D eigenvalue weighted by atomic mass is 10.1. The third-order valence-electron chi connectivity index (χ3n) is 3.26. The molecule has 0 aliphatic carbocycles. The molecule has 0 radical (unpaired) electrons. The predicted molar refractivity (Wildman–Crippen MR) is 82.4 cm³/mol. The van der Waals surface area contributed by atoms with Crippen LogP contribution in [0.3, 0.4) is 0 Å². The Labute approximate surface area is 132 Å². The van der Waals surface area contributed by atoms with Crippen LogP contribution in [0.25, 0.3) is 11.6 Å². The molecule has 2 aromatic heterocycles. The molecule has 1 aromatic carbocycles. The molecule has 7 nitrogen and oxygen atoms in total. The van der Waals surface area contributed by atoms with Gasteiger partial charge in [0.05, 0.1) is 18.4 Å². The molecule has 0 atom stereocenters. The van der Waals surface area contributed by atoms with E-state index in [1.54, 1.807) is 18.5 Å². The molecule has 0 unspecified atom stereocenters. The smallest absolute Gasteiger partial charge is 0.267 e. The van der Waals surface area contributed by atoms with Crippen molar-refractivity contribution in [2.45, 2.75) is 20.4 Å². The quantitative estimate of drug-likeness (QED) is 0.793. The van der Waals surface area contributed by atoms with Crippen molar-refractivity contribution in [3.05, 3.63) is 59.4 Å². The van der Waals surface area contributed by atoms with Gasteiger partial charge in [-0.1, -0.05) is 18.2 Å². The summed E-state index contributed by atoms with van der Waals surface area (Å²) in [6, 6.07) is 7.36. The van der Waals surface area contributed by atoms with E-state index in [0.717, 1.165) is 11.3 Å². The van der Waals surface area contributed by atoms with Crippen LogP contribution in [-0.2, 0) is 6.54 Å². The lowest BCUT2D eigenvalue weighted by Gasteiger charge is -2.05. The summed E-state index contributed by atoms with van der Waals surface area (Å²) in [7, 11) is 0. The molecule has 7 heteroatoms. The maximum atomic E-state index is 12.1. The van der Waals surface area contributed by atoms with Crippen LogP contribution >= 0.6 is 0 Å². The van der Waals surface area contributed by atoms with Crippen molar-refractivity contribution in [2.75, 3.05) is 0 Å². The zero-order valence-electron chi connectivity index (χ0n) is 12.8. The largest absolute Gasteiger partial charge is 0.417 e. The van der Waals surface area contributed by atoms with Gasteiger partial charge < -0.3 is 9.73 Å². The van der Waals surface area contributed by atoms with Crippen LogP contribution in [0.4, 0.5) is 0 Å². The lowest BCUT2D eigenvalue weighted by molar-refractivity contribution is 0.0946. The maximum Gasteiger partial charge on any atom is 0.267 e. The minimum Gasteiger partial charge on any atom is -0.417 e. The van der Waals surface area contributed by atoms with Crippen LogP contribution in [0.2, 0.25) is 0 Å². The van der Waals surface area contributed by atoms with E-state index in [-0.39, 0.29) is 18.3 Å². The molecule has 1 amide bonds. The molecule has 0 saturated carbocycles. The molecule has 0 spiro atoms. The highest BCUT2D eigenvalue weighted by Crippen LogP contribution is 2.14. The first kappa shape index (κ1) is 14.8. The third-order valence-corrected chi connectivity index (χ3v) is 3.26. The number of rotatable bonds is 4. The number of aryl methyl sites for hydroxylation is 2. The van der Waals surface area contributed by atoms with Gasteiger partial charge in [-0.05, 0) is 25.5 Å². The number of nitrogens with one attached hydrogen (secondary N) is 1. The van der Waals surface area contributed by atoms with Crippen LogP contribution in [0.5, 0.6) is 0 Å². The van der Waals surface area contributed by atoms with Gasteiger partial charge in [0.2, 0.25) is 5.89 Å². The van der Waals surface area contributed by atoms with Crippen LogP contribution in [0, 0.1) is 13.8 Å². The molecule has 0 fully saturated rings. The van der Waals surface area contributed by atoms with E-state index in [1.165, 1.54) is 0 Å². The minimum atomic E-state index is -0.182. The van der Waals surface area contributed by atoms with Gasteiger partial charge in [0, 0.05) is 11.8 Å². The molecule has 2 heterocycles. The van der Waals surface area contributed by atoms with Crippen LogP contribution < -0.4 is 5.32 Å². The summed E-state index contributed by atoms with van der Waals surface area (Å²) in [5, 5.41) is 10.6. The summed E-state index contributed by atoms with van der Waals surface area (Å²) in [6.07, 6.45) is 3.19. The molecule has 0 saturated heterocycles. The topological polar surface area (TPSA) is 93.8 Å². The maximum absolute atomic E-state index is 12.1. The van der Waals surface area contributed by atoms with Crippen molar-refractivity contribution in [3.8, 4) is 11.6 Å². The molecule has 23 heavy (non-hydrogen) atoms. The number of carbonyl (C=O) groups excluding carboxylic acids is 1. The van der Waals surface area contributed by atoms with E-state index in [2.05, 4.69) is 25.5 Å². The number of hydrogen-bond acceptors (Lipinski definition) is 6. The second-order valence-corrected chi connectivity index (χ2v) is 5.04. The average molecular weight is 309 g/mol. The molecule has 1 N–H and O–H groups in total. The molecular formula is C16H15N5O2. The minimum absolute atomic E-state index is 0.152. The second kappa shape index (κ2) is 6.35. The monoisotopic (exact) mass is 309 g/mol. The molecule has 0 aliphatic rings. The van der Waals surface area contributed by atoms with Crippen LogP contribution in [-0.4, -0.2) is 26.1 Å². The van der Waals surface area contributed by atoms with Gasteiger partial charge in [-0.25, -0.2) is 4.98 Å². The fraction of sp³-hybridized carbons (Fsp3) is 0.188. The van der Waals surface area contributed by atoms with Crippen molar-refractivity contribution >= 4 is 5.91 Å². The Kier molecular flexibility index (Phi) is 4.09. The normalized spacial score (nSPS) is 10.5. The fourth-order valence-corrected chi connectivity index (χ4v) is 2.01. The third kappa shape index (κ3) is 3.39. The molecule has 0 aliphatic heterocycles. The van der Waals surface area contributed by atoms with Crippen molar-refractivity contribution < 1.29 is 9.21 Å². The Morgan fingerprint density at radius 2 is 1.96 bits per heavy atom. The molecule has 116 valence electrons. The number of benzene rings is 1. The van der Waals surface area contributed by atoms with Gasteiger partial charge in [0.15, 0.2) is 0 Å². The average Bonchev–Trinajstić information content (AvgIpc) is 3.03. The highest BCUT2D eigenvalue weighted by atomic mass is 16.4. The first-order valence-electron chi connectivity index (χ1n) is 7.09. The van der Waals surface area contributed by atoms with E-state index in [4.69, 9.17) is 4.42 Å². The van der Waals surface area contributed by atoms with E-state index in [9.17, 15) is 4.79 Å². The van der Waals surface area contributed by atoms with Gasteiger partial charge in [0.1, 0.15) is 5.69 Å². The summed E-state index contributed by atoms with van der Waals surface area (Å²) < 4.78 is 5.49. The summed E-state index contributed by atoms with van der Waals surface area (Å²) in [4.78, 5) is 20.4. The van der Waals surface area contributed by atoms with Crippen LogP contribution in [0.15, 0.2) is 41.1 Å². The molecular weight excluding hydrogens is 294 g/mol. The number of aromatic nitrogens is 4.